The molecule has 1 atom stereocenters. The molecule has 11 heteroatoms. The predicted molar refractivity (Wildman–Crippen MR) is 129 cm³/mol. The molecule has 186 valence electrons. The summed E-state index contributed by atoms with van der Waals surface area (Å²) in [7, 11) is 1.72. The molecule has 5 rings (SSSR count). The second-order valence-corrected chi connectivity index (χ2v) is 9.45. The summed E-state index contributed by atoms with van der Waals surface area (Å²) in [4.78, 5) is 26.7. The molecule has 3 N–H and O–H groups in total. The molecule has 2 amide bonds. The molecule has 0 aromatic carbocycles. The monoisotopic (exact) mass is 481 g/mol. The van der Waals surface area contributed by atoms with Crippen molar-refractivity contribution in [1.29, 1.82) is 0 Å². The van der Waals surface area contributed by atoms with Gasteiger partial charge < -0.3 is 25.4 Å². The van der Waals surface area contributed by atoms with Gasteiger partial charge in [-0.2, -0.15) is 5.10 Å². The van der Waals surface area contributed by atoms with E-state index in [-0.39, 0.29) is 23.9 Å². The summed E-state index contributed by atoms with van der Waals surface area (Å²) >= 11 is 0. The van der Waals surface area contributed by atoms with Crippen molar-refractivity contribution in [3.63, 3.8) is 0 Å². The van der Waals surface area contributed by atoms with E-state index >= 15 is 0 Å². The van der Waals surface area contributed by atoms with Gasteiger partial charge in [-0.25, -0.2) is 4.52 Å². The zero-order valence-electron chi connectivity index (χ0n) is 20.0. The average Bonchev–Trinajstić information content (AvgIpc) is 3.41. The van der Waals surface area contributed by atoms with E-state index in [1.54, 1.807) is 24.0 Å². The van der Waals surface area contributed by atoms with E-state index in [1.807, 2.05) is 25.3 Å². The summed E-state index contributed by atoms with van der Waals surface area (Å²) in [6, 6.07) is 3.98. The van der Waals surface area contributed by atoms with Gasteiger partial charge in [-0.3, -0.25) is 14.3 Å². The van der Waals surface area contributed by atoms with Gasteiger partial charge in [0.15, 0.2) is 0 Å². The fourth-order valence-electron chi connectivity index (χ4n) is 4.86. The van der Waals surface area contributed by atoms with Crippen molar-refractivity contribution in [1.82, 2.24) is 24.7 Å². The van der Waals surface area contributed by atoms with Gasteiger partial charge in [0.05, 0.1) is 42.4 Å². The number of amides is 2. The first-order chi connectivity index (χ1) is 16.9. The minimum Gasteiger partial charge on any atom is -0.473 e. The normalized spacial score (nSPS) is 20.9. The molecule has 0 radical (unpaired) electrons. The van der Waals surface area contributed by atoms with Gasteiger partial charge in [0.1, 0.15) is 11.7 Å². The van der Waals surface area contributed by atoms with E-state index < -0.39 is 5.91 Å². The molecule has 0 spiro atoms. The number of aromatic nitrogens is 4. The highest BCUT2D eigenvalue weighted by atomic mass is 16.5. The molecule has 1 aliphatic carbocycles. The molecule has 0 bridgehead atoms. The van der Waals surface area contributed by atoms with Crippen LogP contribution in [0, 0.1) is 5.92 Å². The highest BCUT2D eigenvalue weighted by Gasteiger charge is 2.33. The number of hydrogen-bond donors (Lipinski definition) is 2. The molecule has 2 fully saturated rings. The lowest BCUT2D eigenvalue weighted by Crippen LogP contribution is -2.40. The van der Waals surface area contributed by atoms with E-state index in [4.69, 9.17) is 15.2 Å². The molecule has 35 heavy (non-hydrogen) atoms. The zero-order valence-corrected chi connectivity index (χ0v) is 20.0. The van der Waals surface area contributed by atoms with Crippen LogP contribution in [0.3, 0.4) is 0 Å². The minimum absolute atomic E-state index is 0.00354. The van der Waals surface area contributed by atoms with Crippen LogP contribution in [0.25, 0.3) is 5.52 Å². The quantitative estimate of drug-likeness (QED) is 0.497. The number of nitrogens with two attached hydrogens (primary N) is 1. The number of pyridine rings is 1. The zero-order chi connectivity index (χ0) is 24.5. The largest absolute Gasteiger partial charge is 0.473 e. The Morgan fingerprint density at radius 3 is 2.74 bits per heavy atom. The summed E-state index contributed by atoms with van der Waals surface area (Å²) in [6.45, 7) is 5.14. The maximum atomic E-state index is 12.9. The molecule has 1 aliphatic heterocycles. The molecule has 11 nitrogen and oxygen atoms in total. The van der Waals surface area contributed by atoms with Gasteiger partial charge in [0.25, 0.3) is 11.8 Å². The molecular weight excluding hydrogens is 450 g/mol. The van der Waals surface area contributed by atoms with Crippen molar-refractivity contribution in [3.8, 4) is 5.88 Å². The predicted octanol–water partition coefficient (Wildman–Crippen LogP) is 1.37. The maximum Gasteiger partial charge on any atom is 0.255 e. The summed E-state index contributed by atoms with van der Waals surface area (Å²) in [5.74, 6) is 0.0364. The number of anilines is 1. The molecular formula is C24H31N7O4. The van der Waals surface area contributed by atoms with Crippen LogP contribution in [0.5, 0.6) is 5.88 Å². The highest BCUT2D eigenvalue weighted by molar-refractivity contribution is 6.00. The van der Waals surface area contributed by atoms with E-state index in [0.717, 1.165) is 43.6 Å². The smallest absolute Gasteiger partial charge is 0.255 e. The van der Waals surface area contributed by atoms with Crippen molar-refractivity contribution in [2.24, 2.45) is 18.7 Å². The number of carbonyl (C=O) groups is 2. The lowest BCUT2D eigenvalue weighted by molar-refractivity contribution is 0.0505. The Labute approximate surface area is 203 Å². The molecule has 3 aromatic rings. The number of carbonyl (C=O) groups excluding carboxylic acids is 2. The number of primary amides is 1. The third-order valence-electron chi connectivity index (χ3n) is 6.72. The van der Waals surface area contributed by atoms with E-state index in [2.05, 4.69) is 20.4 Å². The van der Waals surface area contributed by atoms with Crippen molar-refractivity contribution in [2.75, 3.05) is 31.2 Å². The van der Waals surface area contributed by atoms with E-state index in [0.29, 0.717) is 30.3 Å². The fraction of sp³-hybridized carbons (Fsp3) is 0.500. The van der Waals surface area contributed by atoms with Crippen LogP contribution in [0.15, 0.2) is 30.7 Å². The van der Waals surface area contributed by atoms with Crippen LogP contribution in [0.1, 0.15) is 46.9 Å². The van der Waals surface area contributed by atoms with Gasteiger partial charge in [0.2, 0.25) is 5.88 Å². The number of ether oxygens (including phenoxy) is 2. The topological polar surface area (TPSA) is 129 Å². The first-order valence-corrected chi connectivity index (χ1v) is 12.0. The van der Waals surface area contributed by atoms with Crippen LogP contribution in [0.4, 0.5) is 5.69 Å². The lowest BCUT2D eigenvalue weighted by atomic mass is 9.78. The van der Waals surface area contributed by atoms with Crippen molar-refractivity contribution in [3.05, 3.63) is 41.9 Å². The van der Waals surface area contributed by atoms with Gasteiger partial charge >= 0.3 is 0 Å². The molecule has 4 heterocycles. The van der Waals surface area contributed by atoms with Gasteiger partial charge in [-0.1, -0.05) is 0 Å². The van der Waals surface area contributed by atoms with Crippen LogP contribution in [-0.4, -0.2) is 69.7 Å². The number of morpholine rings is 1. The Morgan fingerprint density at radius 2 is 2.00 bits per heavy atom. The Morgan fingerprint density at radius 1 is 1.23 bits per heavy atom. The number of rotatable bonds is 8. The average molecular weight is 482 g/mol. The summed E-state index contributed by atoms with van der Waals surface area (Å²) < 4.78 is 14.6. The number of aryl methyl sites for hydroxylation is 1. The lowest BCUT2D eigenvalue weighted by Gasteiger charge is -2.36. The SMILES string of the molecule is C[C@@H](CC1CC(Oc2nn(C)cc2C(N)=O)C1)NC(=O)c1cnn2cc(N3CCOCC3)ccc12. The molecule has 2 aliphatic rings. The summed E-state index contributed by atoms with van der Waals surface area (Å²) in [5, 5.41) is 11.7. The third kappa shape index (κ3) is 4.95. The first kappa shape index (κ1) is 23.2. The number of hydrogen-bond acceptors (Lipinski definition) is 7. The highest BCUT2D eigenvalue weighted by Crippen LogP contribution is 2.35. The van der Waals surface area contributed by atoms with Crippen molar-refractivity contribution >= 4 is 23.0 Å². The number of nitrogens with one attached hydrogen (secondary N) is 1. The molecule has 1 saturated heterocycles. The standard InChI is InChI=1S/C24H31N7O4/c1-15(9-16-10-18(11-16)35-24-20(22(25)32)14-29(2)28-24)27-23(33)19-12-26-31-13-17(3-4-21(19)31)30-5-7-34-8-6-30/h3-4,12-16,18H,5-11H2,1-2H3,(H2,25,32)(H,27,33)/t15-,16?,18?/m0/s1. The maximum absolute atomic E-state index is 12.9. The van der Waals surface area contributed by atoms with Crippen LogP contribution >= 0.6 is 0 Å². The summed E-state index contributed by atoms with van der Waals surface area (Å²) in [5.41, 5.74) is 8.10. The number of nitrogens with zero attached hydrogens (tertiary/aromatic N) is 5. The van der Waals surface area contributed by atoms with Crippen molar-refractivity contribution < 1.29 is 19.1 Å². The molecule has 3 aromatic heterocycles. The summed E-state index contributed by atoms with van der Waals surface area (Å²) in [6.07, 6.45) is 7.67. The van der Waals surface area contributed by atoms with Gasteiger partial charge in [-0.15, -0.1) is 5.10 Å². The van der Waals surface area contributed by atoms with Crippen molar-refractivity contribution in [2.45, 2.75) is 38.3 Å². The van der Waals surface area contributed by atoms with Crippen LogP contribution in [0.2, 0.25) is 0 Å². The van der Waals surface area contributed by atoms with E-state index in [1.165, 1.54) is 4.68 Å². The second kappa shape index (κ2) is 9.57. The fourth-order valence-corrected chi connectivity index (χ4v) is 4.86. The second-order valence-electron chi connectivity index (χ2n) is 9.45. The minimum atomic E-state index is -0.551. The van der Waals surface area contributed by atoms with Crippen LogP contribution in [-0.2, 0) is 11.8 Å². The molecule has 1 saturated carbocycles. The Bertz CT molecular complexity index is 1220. The third-order valence-corrected chi connectivity index (χ3v) is 6.72. The number of fused-ring (bicyclic) bond motifs is 1. The Kier molecular flexibility index (Phi) is 6.33. The van der Waals surface area contributed by atoms with Crippen LogP contribution < -0.4 is 20.7 Å². The first-order valence-electron chi connectivity index (χ1n) is 12.0. The molecule has 0 unspecified atom stereocenters. The van der Waals surface area contributed by atoms with Gasteiger partial charge in [-0.05, 0) is 44.2 Å². The van der Waals surface area contributed by atoms with Gasteiger partial charge in [0, 0.05) is 32.4 Å². The Balaban J connectivity index is 1.13. The van der Waals surface area contributed by atoms with E-state index in [9.17, 15) is 9.59 Å². The Hall–Kier alpha value is -3.60.